The van der Waals surface area contributed by atoms with Crippen LogP contribution in [0.4, 0.5) is 0 Å². The first kappa shape index (κ1) is 16.7. The molecule has 0 spiro atoms. The van der Waals surface area contributed by atoms with Gasteiger partial charge in [0.1, 0.15) is 0 Å². The second-order valence-corrected chi connectivity index (χ2v) is 6.38. The fourth-order valence-corrected chi connectivity index (χ4v) is 2.39. The van der Waals surface area contributed by atoms with Crippen LogP contribution in [0.2, 0.25) is 0 Å². The molecule has 6 heteroatoms. The van der Waals surface area contributed by atoms with E-state index in [1.54, 1.807) is 7.05 Å². The Morgan fingerprint density at radius 3 is 2.35 bits per heavy atom. The molecular weight excluding hydrogens is 256 g/mol. The van der Waals surface area contributed by atoms with E-state index in [1.165, 1.54) is 17.7 Å². The quantitative estimate of drug-likeness (QED) is 0.782. The maximum absolute atomic E-state index is 11.8. The van der Waals surface area contributed by atoms with Crippen LogP contribution in [0, 0.1) is 5.41 Å². The molecule has 0 saturated carbocycles. The lowest BCUT2D eigenvalue weighted by molar-refractivity contribution is 0.231. The number of nitrogens with one attached hydrogen (secondary N) is 1. The topological polar surface area (TPSA) is 59.3 Å². The maximum Gasteiger partial charge on any atom is 0.330 e. The van der Waals surface area contributed by atoms with Crippen molar-refractivity contribution in [2.45, 2.75) is 20.4 Å². The first-order valence-corrected chi connectivity index (χ1v) is 6.75. The Balaban J connectivity index is 2.73. The third-order valence-corrected chi connectivity index (χ3v) is 3.28. The van der Waals surface area contributed by atoms with E-state index in [2.05, 4.69) is 24.1 Å². The second kappa shape index (κ2) is 6.37. The zero-order chi connectivity index (χ0) is 15.5. The third-order valence-electron chi connectivity index (χ3n) is 3.28. The van der Waals surface area contributed by atoms with Crippen LogP contribution in [0.1, 0.15) is 19.5 Å². The molecule has 0 amide bonds. The molecule has 0 aromatic carbocycles. The molecule has 0 atom stereocenters. The van der Waals surface area contributed by atoms with E-state index in [0.717, 1.165) is 17.7 Å². The summed E-state index contributed by atoms with van der Waals surface area (Å²) in [6, 6.07) is 1.51. The van der Waals surface area contributed by atoms with Gasteiger partial charge in [-0.2, -0.15) is 0 Å². The van der Waals surface area contributed by atoms with Crippen molar-refractivity contribution in [3.63, 3.8) is 0 Å². The van der Waals surface area contributed by atoms with E-state index < -0.39 is 0 Å². The molecule has 0 aliphatic carbocycles. The smallest absolute Gasteiger partial charge is 0.311 e. The van der Waals surface area contributed by atoms with Gasteiger partial charge in [-0.05, 0) is 19.5 Å². The molecule has 0 unspecified atom stereocenters. The number of rotatable bonds is 6. The summed E-state index contributed by atoms with van der Waals surface area (Å²) < 4.78 is 2.62. The van der Waals surface area contributed by atoms with Gasteiger partial charge >= 0.3 is 5.69 Å². The van der Waals surface area contributed by atoms with Crippen LogP contribution in [0.15, 0.2) is 15.7 Å². The Morgan fingerprint density at radius 1 is 1.20 bits per heavy atom. The molecule has 6 nitrogen and oxygen atoms in total. The average Bonchev–Trinajstić information content (AvgIpc) is 2.31. The standard InChI is InChI=1S/C14H26N4O2/c1-14(2,10-16(3)4)9-15-8-11-7-12(19)18(6)13(20)17(11)5/h7,15H,8-10H2,1-6H3. The lowest BCUT2D eigenvalue weighted by atomic mass is 9.93. The summed E-state index contributed by atoms with van der Waals surface area (Å²) in [5, 5.41) is 3.33. The predicted molar refractivity (Wildman–Crippen MR) is 81.0 cm³/mol. The number of hydrogen-bond donors (Lipinski definition) is 1. The van der Waals surface area contributed by atoms with Gasteiger partial charge in [-0.15, -0.1) is 0 Å². The molecule has 0 aliphatic rings. The summed E-state index contributed by atoms with van der Waals surface area (Å²) in [4.78, 5) is 25.6. The van der Waals surface area contributed by atoms with E-state index in [-0.39, 0.29) is 16.7 Å². The molecule has 20 heavy (non-hydrogen) atoms. The average molecular weight is 282 g/mol. The highest BCUT2D eigenvalue weighted by atomic mass is 16.2. The summed E-state index contributed by atoms with van der Waals surface area (Å²) >= 11 is 0. The monoisotopic (exact) mass is 282 g/mol. The number of nitrogens with zero attached hydrogens (tertiary/aromatic N) is 3. The van der Waals surface area contributed by atoms with Crippen molar-refractivity contribution < 1.29 is 0 Å². The van der Waals surface area contributed by atoms with Gasteiger partial charge in [-0.3, -0.25) is 13.9 Å². The fourth-order valence-electron chi connectivity index (χ4n) is 2.39. The number of hydrogen-bond acceptors (Lipinski definition) is 4. The second-order valence-electron chi connectivity index (χ2n) is 6.38. The van der Waals surface area contributed by atoms with Crippen LogP contribution >= 0.6 is 0 Å². The molecule has 0 bridgehead atoms. The Kier molecular flexibility index (Phi) is 5.30. The van der Waals surface area contributed by atoms with E-state index in [4.69, 9.17) is 0 Å². The van der Waals surface area contributed by atoms with E-state index in [1.807, 2.05) is 14.1 Å². The molecule has 1 aromatic rings. The van der Waals surface area contributed by atoms with Gasteiger partial charge in [-0.1, -0.05) is 13.8 Å². The summed E-state index contributed by atoms with van der Waals surface area (Å²) in [5.74, 6) is 0. The molecular formula is C14H26N4O2. The molecule has 0 radical (unpaired) electrons. The van der Waals surface area contributed by atoms with Crippen LogP contribution in [0.3, 0.4) is 0 Å². The first-order valence-electron chi connectivity index (χ1n) is 6.75. The lowest BCUT2D eigenvalue weighted by Gasteiger charge is -2.28. The van der Waals surface area contributed by atoms with Gasteiger partial charge in [0, 0.05) is 45.5 Å². The Bertz CT molecular complexity index is 570. The van der Waals surface area contributed by atoms with Gasteiger partial charge in [0.05, 0.1) is 0 Å². The summed E-state index contributed by atoms with van der Waals surface area (Å²) in [7, 11) is 7.27. The van der Waals surface area contributed by atoms with E-state index in [0.29, 0.717) is 12.2 Å². The normalized spacial score (nSPS) is 12.2. The van der Waals surface area contributed by atoms with Gasteiger partial charge < -0.3 is 10.2 Å². The van der Waals surface area contributed by atoms with Crippen LogP contribution in [0.5, 0.6) is 0 Å². The van der Waals surface area contributed by atoms with E-state index in [9.17, 15) is 9.59 Å². The molecule has 0 saturated heterocycles. The highest BCUT2D eigenvalue weighted by Crippen LogP contribution is 2.14. The van der Waals surface area contributed by atoms with Crippen LogP contribution in [0.25, 0.3) is 0 Å². The highest BCUT2D eigenvalue weighted by molar-refractivity contribution is 5.02. The largest absolute Gasteiger partial charge is 0.330 e. The minimum atomic E-state index is -0.290. The summed E-state index contributed by atoms with van der Waals surface area (Å²) in [6.07, 6.45) is 0. The van der Waals surface area contributed by atoms with Crippen molar-refractivity contribution in [3.05, 3.63) is 32.6 Å². The summed E-state index contributed by atoms with van der Waals surface area (Å²) in [6.45, 7) is 6.66. The van der Waals surface area contributed by atoms with Gasteiger partial charge in [0.2, 0.25) is 0 Å². The Hall–Kier alpha value is -1.40. The molecule has 1 aromatic heterocycles. The summed E-state index contributed by atoms with van der Waals surface area (Å²) in [5.41, 5.74) is 0.278. The van der Waals surface area contributed by atoms with Crippen molar-refractivity contribution in [2.24, 2.45) is 19.5 Å². The Morgan fingerprint density at radius 2 is 1.80 bits per heavy atom. The third kappa shape index (κ3) is 4.31. The molecule has 0 fully saturated rings. The lowest BCUT2D eigenvalue weighted by Crippen LogP contribution is -2.41. The van der Waals surface area contributed by atoms with Crippen LogP contribution in [-0.2, 0) is 20.6 Å². The number of aromatic nitrogens is 2. The zero-order valence-electron chi connectivity index (χ0n) is 13.4. The van der Waals surface area contributed by atoms with Crippen molar-refractivity contribution in [2.75, 3.05) is 27.2 Å². The predicted octanol–water partition coefficient (Wildman–Crippen LogP) is -0.239. The molecule has 0 aliphatic heterocycles. The van der Waals surface area contributed by atoms with Gasteiger partial charge in [0.15, 0.2) is 0 Å². The van der Waals surface area contributed by atoms with Crippen molar-refractivity contribution >= 4 is 0 Å². The van der Waals surface area contributed by atoms with Crippen molar-refractivity contribution in [1.29, 1.82) is 0 Å². The van der Waals surface area contributed by atoms with Crippen LogP contribution in [-0.4, -0.2) is 41.2 Å². The van der Waals surface area contributed by atoms with Crippen LogP contribution < -0.4 is 16.6 Å². The van der Waals surface area contributed by atoms with Crippen molar-refractivity contribution in [3.8, 4) is 0 Å². The minimum absolute atomic E-state index is 0.127. The highest BCUT2D eigenvalue weighted by Gasteiger charge is 2.18. The zero-order valence-corrected chi connectivity index (χ0v) is 13.4. The molecule has 1 rings (SSSR count). The molecule has 1 N–H and O–H groups in total. The van der Waals surface area contributed by atoms with Gasteiger partial charge in [0.25, 0.3) is 5.56 Å². The SMILES string of the molecule is CN(C)CC(C)(C)CNCc1cc(=O)n(C)c(=O)n1C. The minimum Gasteiger partial charge on any atom is -0.311 e. The first-order chi connectivity index (χ1) is 9.14. The fraction of sp³-hybridized carbons (Fsp3) is 0.714. The van der Waals surface area contributed by atoms with E-state index >= 15 is 0 Å². The molecule has 1 heterocycles. The Labute approximate surface area is 120 Å². The maximum atomic E-state index is 11.8. The van der Waals surface area contributed by atoms with Gasteiger partial charge in [-0.25, -0.2) is 4.79 Å². The molecule has 114 valence electrons. The van der Waals surface area contributed by atoms with Crippen molar-refractivity contribution in [1.82, 2.24) is 19.4 Å².